The molecule has 1 aromatic rings. The van der Waals surface area contributed by atoms with Gasteiger partial charge < -0.3 is 0 Å². The van der Waals surface area contributed by atoms with Crippen molar-refractivity contribution in [1.29, 1.82) is 0 Å². The molecule has 0 aliphatic carbocycles. The van der Waals surface area contributed by atoms with Gasteiger partial charge in [0.2, 0.25) is 0 Å². The third-order valence-corrected chi connectivity index (χ3v) is 2.18. The van der Waals surface area contributed by atoms with Gasteiger partial charge in [-0.1, -0.05) is 6.58 Å². The lowest BCUT2D eigenvalue weighted by atomic mass is 10.0. The predicted octanol–water partition coefficient (Wildman–Crippen LogP) is 3.75. The number of aryl methyl sites for hydroxylation is 2. The Morgan fingerprint density at radius 1 is 1.33 bits per heavy atom. The number of nitrogens with zero attached hydrogens (tertiary/aromatic N) is 1. The second kappa shape index (κ2) is 3.68. The molecule has 15 heavy (non-hydrogen) atoms. The van der Waals surface area contributed by atoms with Crippen molar-refractivity contribution < 1.29 is 13.2 Å². The predicted molar refractivity (Wildman–Crippen MR) is 53.4 cm³/mol. The molecule has 0 atom stereocenters. The fraction of sp³-hybridized carbons (Fsp3) is 0.364. The maximum absolute atomic E-state index is 12.6. The highest BCUT2D eigenvalue weighted by atomic mass is 19.4. The van der Waals surface area contributed by atoms with E-state index in [4.69, 9.17) is 0 Å². The normalized spacial score (nSPS) is 11.6. The van der Waals surface area contributed by atoms with Crippen LogP contribution in [-0.4, -0.2) is 4.98 Å². The van der Waals surface area contributed by atoms with Crippen molar-refractivity contribution in [2.24, 2.45) is 0 Å². The maximum atomic E-state index is 12.6. The van der Waals surface area contributed by atoms with Crippen molar-refractivity contribution in [2.45, 2.75) is 26.9 Å². The molecule has 0 N–H and O–H groups in total. The number of aromatic nitrogens is 1. The molecule has 1 rings (SSSR count). The van der Waals surface area contributed by atoms with Crippen molar-refractivity contribution in [3.05, 3.63) is 35.2 Å². The van der Waals surface area contributed by atoms with Crippen LogP contribution in [0.15, 0.2) is 12.6 Å². The number of hydrogen-bond donors (Lipinski definition) is 0. The van der Waals surface area contributed by atoms with Gasteiger partial charge in [0.05, 0.1) is 11.3 Å². The molecule has 0 unspecified atom stereocenters. The zero-order chi connectivity index (χ0) is 11.8. The van der Waals surface area contributed by atoms with Crippen LogP contribution in [0.4, 0.5) is 13.2 Å². The van der Waals surface area contributed by atoms with Gasteiger partial charge in [-0.15, -0.1) is 0 Å². The first-order valence-corrected chi connectivity index (χ1v) is 4.45. The summed E-state index contributed by atoms with van der Waals surface area (Å²) in [5.74, 6) is 0. The monoisotopic (exact) mass is 215 g/mol. The van der Waals surface area contributed by atoms with Gasteiger partial charge >= 0.3 is 6.18 Å². The van der Waals surface area contributed by atoms with E-state index < -0.39 is 11.7 Å². The van der Waals surface area contributed by atoms with Crippen LogP contribution in [0.2, 0.25) is 0 Å². The molecule has 1 heterocycles. The molecule has 0 saturated carbocycles. The van der Waals surface area contributed by atoms with Gasteiger partial charge in [-0.25, -0.2) is 0 Å². The summed E-state index contributed by atoms with van der Waals surface area (Å²) in [6.07, 6.45) is -4.38. The summed E-state index contributed by atoms with van der Waals surface area (Å²) in [5.41, 5.74) is 0.683. The van der Waals surface area contributed by atoms with E-state index in [0.29, 0.717) is 16.8 Å². The van der Waals surface area contributed by atoms with Crippen LogP contribution in [0.25, 0.3) is 5.57 Å². The summed E-state index contributed by atoms with van der Waals surface area (Å²) < 4.78 is 37.9. The lowest BCUT2D eigenvalue weighted by molar-refractivity contribution is -0.138. The topological polar surface area (TPSA) is 12.9 Å². The van der Waals surface area contributed by atoms with E-state index in [1.54, 1.807) is 13.8 Å². The molecular weight excluding hydrogens is 203 g/mol. The van der Waals surface area contributed by atoms with E-state index in [-0.39, 0.29) is 5.69 Å². The SMILES string of the molecule is C=C(C)c1nc(C)c(C)cc1C(F)(F)F. The number of allylic oxidation sites excluding steroid dienone is 1. The molecule has 0 radical (unpaired) electrons. The van der Waals surface area contributed by atoms with Crippen molar-refractivity contribution in [3.63, 3.8) is 0 Å². The van der Waals surface area contributed by atoms with Crippen LogP contribution < -0.4 is 0 Å². The average Bonchev–Trinajstić information content (AvgIpc) is 2.06. The van der Waals surface area contributed by atoms with Crippen molar-refractivity contribution in [1.82, 2.24) is 4.98 Å². The first-order valence-electron chi connectivity index (χ1n) is 4.45. The highest BCUT2D eigenvalue weighted by Gasteiger charge is 2.34. The Hall–Kier alpha value is -1.32. The van der Waals surface area contributed by atoms with E-state index in [2.05, 4.69) is 11.6 Å². The number of hydrogen-bond acceptors (Lipinski definition) is 1. The second-order valence-corrected chi connectivity index (χ2v) is 3.56. The molecule has 1 aromatic heterocycles. The summed E-state index contributed by atoms with van der Waals surface area (Å²) in [5, 5.41) is 0. The maximum Gasteiger partial charge on any atom is 0.418 e. The molecule has 0 aliphatic rings. The minimum absolute atomic E-state index is 0.0643. The summed E-state index contributed by atoms with van der Waals surface area (Å²) in [6.45, 7) is 8.32. The second-order valence-electron chi connectivity index (χ2n) is 3.56. The molecule has 0 aromatic carbocycles. The zero-order valence-electron chi connectivity index (χ0n) is 8.87. The number of halogens is 3. The molecule has 0 spiro atoms. The van der Waals surface area contributed by atoms with Crippen LogP contribution in [0.5, 0.6) is 0 Å². The van der Waals surface area contributed by atoms with Crippen LogP contribution in [0.3, 0.4) is 0 Å². The minimum atomic E-state index is -4.38. The summed E-state index contributed by atoms with van der Waals surface area (Å²) in [7, 11) is 0. The van der Waals surface area contributed by atoms with Crippen molar-refractivity contribution in [2.75, 3.05) is 0 Å². The van der Waals surface area contributed by atoms with Crippen LogP contribution in [0.1, 0.15) is 29.4 Å². The highest BCUT2D eigenvalue weighted by Crippen LogP contribution is 2.34. The fourth-order valence-electron chi connectivity index (χ4n) is 1.25. The van der Waals surface area contributed by atoms with Crippen LogP contribution in [-0.2, 0) is 6.18 Å². The van der Waals surface area contributed by atoms with E-state index in [1.165, 1.54) is 6.92 Å². The highest BCUT2D eigenvalue weighted by molar-refractivity contribution is 5.62. The Labute approximate surface area is 86.6 Å². The zero-order valence-corrected chi connectivity index (χ0v) is 8.87. The van der Waals surface area contributed by atoms with E-state index in [9.17, 15) is 13.2 Å². The van der Waals surface area contributed by atoms with Crippen LogP contribution >= 0.6 is 0 Å². The minimum Gasteiger partial charge on any atom is -0.253 e. The molecular formula is C11H12F3N. The Balaban J connectivity index is 3.49. The first-order chi connectivity index (χ1) is 6.73. The van der Waals surface area contributed by atoms with E-state index in [1.807, 2.05) is 0 Å². The third kappa shape index (κ3) is 2.37. The molecule has 4 heteroatoms. The Bertz CT molecular complexity index is 405. The quantitative estimate of drug-likeness (QED) is 0.695. The van der Waals surface area contributed by atoms with Crippen molar-refractivity contribution in [3.8, 4) is 0 Å². The summed E-state index contributed by atoms with van der Waals surface area (Å²) in [6, 6.07) is 1.12. The summed E-state index contributed by atoms with van der Waals surface area (Å²) in [4.78, 5) is 3.92. The largest absolute Gasteiger partial charge is 0.418 e. The Morgan fingerprint density at radius 2 is 1.87 bits per heavy atom. The lowest BCUT2D eigenvalue weighted by Gasteiger charge is -2.14. The Kier molecular flexibility index (Phi) is 2.88. The van der Waals surface area contributed by atoms with Crippen molar-refractivity contribution >= 4 is 5.57 Å². The number of alkyl halides is 3. The molecule has 0 aliphatic heterocycles. The van der Waals surface area contributed by atoms with E-state index in [0.717, 1.165) is 6.07 Å². The van der Waals surface area contributed by atoms with E-state index >= 15 is 0 Å². The summed E-state index contributed by atoms with van der Waals surface area (Å²) >= 11 is 0. The smallest absolute Gasteiger partial charge is 0.253 e. The van der Waals surface area contributed by atoms with Gasteiger partial charge in [0.1, 0.15) is 0 Å². The average molecular weight is 215 g/mol. The van der Waals surface area contributed by atoms with Gasteiger partial charge in [0.15, 0.2) is 0 Å². The number of pyridine rings is 1. The lowest BCUT2D eigenvalue weighted by Crippen LogP contribution is -2.11. The van der Waals surface area contributed by atoms with Gasteiger partial charge in [-0.2, -0.15) is 13.2 Å². The molecule has 1 nitrogen and oxygen atoms in total. The molecule has 0 saturated heterocycles. The number of rotatable bonds is 1. The molecule has 0 fully saturated rings. The Morgan fingerprint density at radius 3 is 2.27 bits per heavy atom. The molecule has 82 valence electrons. The standard InChI is InChI=1S/C11H12F3N/c1-6(2)10-9(11(12,13)14)5-7(3)8(4)15-10/h5H,1H2,2-4H3. The van der Waals surface area contributed by atoms with Gasteiger partial charge in [-0.05, 0) is 38.0 Å². The fourth-order valence-corrected chi connectivity index (χ4v) is 1.25. The first kappa shape index (κ1) is 11.8. The van der Waals surface area contributed by atoms with Gasteiger partial charge in [-0.3, -0.25) is 4.98 Å². The molecule has 0 bridgehead atoms. The third-order valence-electron chi connectivity index (χ3n) is 2.18. The van der Waals surface area contributed by atoms with Gasteiger partial charge in [0, 0.05) is 5.69 Å². The molecule has 0 amide bonds. The van der Waals surface area contributed by atoms with Gasteiger partial charge in [0.25, 0.3) is 0 Å². The van der Waals surface area contributed by atoms with Crippen LogP contribution in [0, 0.1) is 13.8 Å².